The van der Waals surface area contributed by atoms with Gasteiger partial charge < -0.3 is 19.5 Å². The summed E-state index contributed by atoms with van der Waals surface area (Å²) in [5, 5.41) is 9.62. The van der Waals surface area contributed by atoms with Gasteiger partial charge in [-0.2, -0.15) is 0 Å². The number of hydrogen-bond donors (Lipinski definition) is 1. The molecule has 0 aliphatic carbocycles. The second kappa shape index (κ2) is 35.0. The lowest BCUT2D eigenvalue weighted by molar-refractivity contribution is -0.149. The zero-order valence-corrected chi connectivity index (χ0v) is 34.2. The van der Waals surface area contributed by atoms with Crippen LogP contribution in [0.1, 0.15) is 233 Å². The average Bonchev–Trinajstić information content (AvgIpc) is 3.11. The first-order valence-electron chi connectivity index (χ1n) is 22.5. The van der Waals surface area contributed by atoms with Crippen molar-refractivity contribution in [3.8, 4) is 0 Å². The number of carbonyl (C=O) groups excluding carboxylic acids is 1. The summed E-state index contributed by atoms with van der Waals surface area (Å²) in [5.41, 5.74) is 1.38. The summed E-state index contributed by atoms with van der Waals surface area (Å²) >= 11 is 0. The van der Waals surface area contributed by atoms with Gasteiger partial charge in [-0.1, -0.05) is 137 Å². The average molecular weight is 706 g/mol. The summed E-state index contributed by atoms with van der Waals surface area (Å²) in [6.45, 7) is 12.1. The van der Waals surface area contributed by atoms with Crippen molar-refractivity contribution in [3.05, 3.63) is 11.3 Å². The van der Waals surface area contributed by atoms with Gasteiger partial charge in [-0.3, -0.25) is 4.79 Å². The Kier molecular flexibility index (Phi) is 32.9. The highest BCUT2D eigenvalue weighted by atomic mass is 16.5. The van der Waals surface area contributed by atoms with Crippen LogP contribution in [-0.2, 0) is 14.3 Å². The van der Waals surface area contributed by atoms with Crippen LogP contribution in [0.25, 0.3) is 0 Å². The fourth-order valence-electron chi connectivity index (χ4n) is 7.64. The number of nitrogens with zero attached hydrogens (tertiary/aromatic N) is 1. The number of carbonyl (C=O) groups is 1. The molecule has 0 aromatic carbocycles. The van der Waals surface area contributed by atoms with Crippen molar-refractivity contribution in [1.29, 1.82) is 0 Å². The Balaban J connectivity index is 2.97. The Morgan fingerprint density at radius 2 is 1.06 bits per heavy atom. The van der Waals surface area contributed by atoms with E-state index in [9.17, 15) is 9.90 Å². The normalized spacial score (nSPS) is 16.9. The first-order chi connectivity index (χ1) is 24.6. The predicted octanol–water partition coefficient (Wildman–Crippen LogP) is 13.4. The number of aliphatic hydroxyl groups excluding tert-OH is 1. The second-order valence-corrected chi connectivity index (χ2v) is 15.7. The fourth-order valence-corrected chi connectivity index (χ4v) is 7.64. The van der Waals surface area contributed by atoms with Crippen LogP contribution in [-0.4, -0.2) is 54.4 Å². The molecule has 0 amide bonds. The highest BCUT2D eigenvalue weighted by Crippen LogP contribution is 2.29. The van der Waals surface area contributed by atoms with E-state index in [2.05, 4.69) is 32.6 Å². The molecule has 5 heteroatoms. The maximum atomic E-state index is 13.5. The van der Waals surface area contributed by atoms with Crippen molar-refractivity contribution in [1.82, 2.24) is 4.90 Å². The van der Waals surface area contributed by atoms with Crippen LogP contribution in [0.15, 0.2) is 11.3 Å². The lowest BCUT2D eigenvalue weighted by Gasteiger charge is -2.27. The molecule has 0 spiro atoms. The van der Waals surface area contributed by atoms with Crippen molar-refractivity contribution >= 4 is 5.97 Å². The summed E-state index contributed by atoms with van der Waals surface area (Å²) < 4.78 is 13.3. The molecule has 5 nitrogen and oxygen atoms in total. The number of allylic oxidation sites excluding steroid dienone is 2. The standard InChI is InChI=1S/C45H87NO4/c1-5-9-13-16-19-23-31-42(30-22-12-8-4)49-44-34-28-38-46(39-40-47)37-27-26-29-41(44)35-36-45(48)50-43(32-24-20-17-14-10-6-2)33-25-21-18-15-11-7-3/h42-43,47H,5-40H2,1-4H3/b44-41-. The minimum Gasteiger partial charge on any atom is -0.495 e. The van der Waals surface area contributed by atoms with Gasteiger partial charge in [0.05, 0.1) is 18.5 Å². The number of esters is 1. The maximum absolute atomic E-state index is 13.5. The van der Waals surface area contributed by atoms with E-state index >= 15 is 0 Å². The molecular weight excluding hydrogens is 618 g/mol. The van der Waals surface area contributed by atoms with E-state index < -0.39 is 0 Å². The first-order valence-corrected chi connectivity index (χ1v) is 22.5. The van der Waals surface area contributed by atoms with E-state index in [1.165, 1.54) is 146 Å². The van der Waals surface area contributed by atoms with Gasteiger partial charge in [0.1, 0.15) is 6.10 Å². The number of hydrogen-bond acceptors (Lipinski definition) is 5. The second-order valence-electron chi connectivity index (χ2n) is 15.7. The molecule has 0 saturated carbocycles. The van der Waals surface area contributed by atoms with Crippen LogP contribution in [0.2, 0.25) is 0 Å². The number of β-amino-alcohol motifs (C(OH)–C–C–N with tert-alkyl or cyclic N) is 1. The third kappa shape index (κ3) is 26.7. The van der Waals surface area contributed by atoms with Gasteiger partial charge in [0, 0.05) is 19.4 Å². The Labute approximate surface area is 312 Å². The Morgan fingerprint density at radius 3 is 1.60 bits per heavy atom. The fraction of sp³-hybridized carbons (Fsp3) is 0.933. The lowest BCUT2D eigenvalue weighted by atomic mass is 9.98. The quantitative estimate of drug-likeness (QED) is 0.0544. The van der Waals surface area contributed by atoms with Gasteiger partial charge in [-0.15, -0.1) is 0 Å². The summed E-state index contributed by atoms with van der Waals surface area (Å²) in [6.07, 6.45) is 38.1. The van der Waals surface area contributed by atoms with Gasteiger partial charge >= 0.3 is 5.97 Å². The largest absolute Gasteiger partial charge is 0.495 e. The van der Waals surface area contributed by atoms with Crippen LogP contribution in [0.5, 0.6) is 0 Å². The van der Waals surface area contributed by atoms with Crippen molar-refractivity contribution in [2.75, 3.05) is 26.2 Å². The Morgan fingerprint density at radius 1 is 0.600 bits per heavy atom. The van der Waals surface area contributed by atoms with E-state index in [0.29, 0.717) is 6.42 Å². The Hall–Kier alpha value is -1.07. The number of aliphatic hydroxyl groups is 1. The highest BCUT2D eigenvalue weighted by molar-refractivity contribution is 5.69. The zero-order valence-electron chi connectivity index (χ0n) is 34.2. The SMILES string of the molecule is CCCCCCCCC(CCCCCCCC)OC(=O)CC/C1=C(\OC(CCCCC)CCCCCCCC)CCCN(CCO)CCCC1. The molecule has 1 rings (SSSR count). The van der Waals surface area contributed by atoms with Crippen LogP contribution in [0.3, 0.4) is 0 Å². The molecular formula is C45H87NO4. The van der Waals surface area contributed by atoms with Gasteiger partial charge in [0.2, 0.25) is 0 Å². The third-order valence-electron chi connectivity index (χ3n) is 10.9. The summed E-state index contributed by atoms with van der Waals surface area (Å²) in [6, 6.07) is 0. The Bertz CT molecular complexity index is 767. The molecule has 0 radical (unpaired) electrons. The molecule has 0 aromatic heterocycles. The molecule has 50 heavy (non-hydrogen) atoms. The molecule has 1 atom stereocenters. The van der Waals surface area contributed by atoms with E-state index in [4.69, 9.17) is 9.47 Å². The molecule has 0 saturated heterocycles. The number of rotatable bonds is 33. The topological polar surface area (TPSA) is 59.0 Å². The van der Waals surface area contributed by atoms with Crippen LogP contribution in [0, 0.1) is 0 Å². The zero-order chi connectivity index (χ0) is 36.3. The van der Waals surface area contributed by atoms with E-state index in [-0.39, 0.29) is 24.8 Å². The number of unbranched alkanes of at least 4 members (excludes halogenated alkanes) is 17. The van der Waals surface area contributed by atoms with Crippen molar-refractivity contribution < 1.29 is 19.4 Å². The molecule has 1 N–H and O–H groups in total. The van der Waals surface area contributed by atoms with E-state index in [0.717, 1.165) is 83.8 Å². The minimum atomic E-state index is -0.00314. The smallest absolute Gasteiger partial charge is 0.306 e. The van der Waals surface area contributed by atoms with E-state index in [1.54, 1.807) is 0 Å². The summed E-state index contributed by atoms with van der Waals surface area (Å²) in [4.78, 5) is 15.9. The van der Waals surface area contributed by atoms with Crippen molar-refractivity contribution in [3.63, 3.8) is 0 Å². The molecule has 1 aliphatic heterocycles. The molecule has 1 unspecified atom stereocenters. The van der Waals surface area contributed by atoms with Gasteiger partial charge in [-0.05, 0) is 102 Å². The van der Waals surface area contributed by atoms with Crippen LogP contribution >= 0.6 is 0 Å². The van der Waals surface area contributed by atoms with Crippen LogP contribution < -0.4 is 0 Å². The third-order valence-corrected chi connectivity index (χ3v) is 10.9. The molecule has 0 fully saturated rings. The van der Waals surface area contributed by atoms with Crippen molar-refractivity contribution in [2.45, 2.75) is 245 Å². The monoisotopic (exact) mass is 706 g/mol. The van der Waals surface area contributed by atoms with Crippen LogP contribution in [0.4, 0.5) is 0 Å². The minimum absolute atomic E-state index is 0.00314. The molecule has 0 aromatic rings. The molecule has 1 aliphatic rings. The summed E-state index contributed by atoms with van der Waals surface area (Å²) in [5.74, 6) is 1.18. The molecule has 1 heterocycles. The predicted molar refractivity (Wildman–Crippen MR) is 216 cm³/mol. The number of ether oxygens (including phenoxy) is 2. The van der Waals surface area contributed by atoms with Crippen molar-refractivity contribution in [2.24, 2.45) is 0 Å². The van der Waals surface area contributed by atoms with E-state index in [1.807, 2.05) is 0 Å². The first kappa shape index (κ1) is 47.0. The highest BCUT2D eigenvalue weighted by Gasteiger charge is 2.20. The maximum Gasteiger partial charge on any atom is 0.306 e. The van der Waals surface area contributed by atoms with Gasteiger partial charge in [-0.25, -0.2) is 0 Å². The summed E-state index contributed by atoms with van der Waals surface area (Å²) in [7, 11) is 0. The van der Waals surface area contributed by atoms with Gasteiger partial charge in [0.25, 0.3) is 0 Å². The molecule has 296 valence electrons. The lowest BCUT2D eigenvalue weighted by Crippen LogP contribution is -2.29. The molecule has 0 bridgehead atoms. The van der Waals surface area contributed by atoms with Gasteiger partial charge in [0.15, 0.2) is 0 Å².